The van der Waals surface area contributed by atoms with Crippen molar-refractivity contribution in [2.24, 2.45) is 0 Å². The van der Waals surface area contributed by atoms with Crippen molar-refractivity contribution in [2.75, 3.05) is 0 Å². The number of nitrogens with zero attached hydrogens (tertiary/aromatic N) is 3. The van der Waals surface area contributed by atoms with E-state index in [2.05, 4.69) is 15.0 Å². The van der Waals surface area contributed by atoms with Gasteiger partial charge in [0.2, 0.25) is 0 Å². The fourth-order valence-corrected chi connectivity index (χ4v) is 2.98. The Bertz CT molecular complexity index is 643. The summed E-state index contributed by atoms with van der Waals surface area (Å²) in [6.07, 6.45) is 5.66. The number of hydrogen-bond donors (Lipinski definition) is 0. The molecule has 0 amide bonds. The molecule has 0 aromatic carbocycles. The number of aromatic nitrogens is 3. The average molecular weight is 315 g/mol. The van der Waals surface area contributed by atoms with Crippen LogP contribution < -0.4 is 0 Å². The highest BCUT2D eigenvalue weighted by atomic mass is 35.5. The van der Waals surface area contributed by atoms with Gasteiger partial charge >= 0.3 is 0 Å². The van der Waals surface area contributed by atoms with Gasteiger partial charge in [-0.15, -0.1) is 0 Å². The zero-order chi connectivity index (χ0) is 13.4. The van der Waals surface area contributed by atoms with Crippen molar-refractivity contribution in [3.63, 3.8) is 0 Å². The number of pyridine rings is 1. The Balaban J connectivity index is 2.13. The van der Waals surface area contributed by atoms with Crippen molar-refractivity contribution >= 4 is 34.8 Å². The van der Waals surface area contributed by atoms with E-state index in [1.165, 1.54) is 6.20 Å². The molecular weight excluding hydrogens is 305 g/mol. The third kappa shape index (κ3) is 2.55. The van der Waals surface area contributed by atoms with Gasteiger partial charge in [0.25, 0.3) is 0 Å². The second kappa shape index (κ2) is 5.23. The molecule has 0 spiro atoms. The molecule has 2 heterocycles. The van der Waals surface area contributed by atoms with Gasteiger partial charge < -0.3 is 0 Å². The van der Waals surface area contributed by atoms with Crippen LogP contribution in [-0.2, 0) is 12.8 Å². The number of rotatable bonds is 1. The van der Waals surface area contributed by atoms with Gasteiger partial charge in [-0.05, 0) is 31.7 Å². The van der Waals surface area contributed by atoms with E-state index in [4.69, 9.17) is 34.8 Å². The summed E-state index contributed by atoms with van der Waals surface area (Å²) in [5, 5.41) is 1.42. The maximum absolute atomic E-state index is 6.23. The first-order valence-electron chi connectivity index (χ1n) is 6.02. The van der Waals surface area contributed by atoms with Crippen LogP contribution in [0, 0.1) is 0 Å². The van der Waals surface area contributed by atoms with Gasteiger partial charge in [0, 0.05) is 17.5 Å². The highest BCUT2D eigenvalue weighted by Gasteiger charge is 2.19. The lowest BCUT2D eigenvalue weighted by molar-refractivity contribution is 0.663. The summed E-state index contributed by atoms with van der Waals surface area (Å²) in [7, 11) is 0. The maximum atomic E-state index is 6.23. The van der Waals surface area contributed by atoms with Crippen LogP contribution in [0.15, 0.2) is 12.3 Å². The Morgan fingerprint density at radius 2 is 1.79 bits per heavy atom. The molecule has 0 saturated heterocycles. The first kappa shape index (κ1) is 13.1. The van der Waals surface area contributed by atoms with Crippen molar-refractivity contribution in [3.05, 3.63) is 38.7 Å². The zero-order valence-electron chi connectivity index (χ0n) is 9.96. The van der Waals surface area contributed by atoms with E-state index < -0.39 is 0 Å². The molecule has 0 aliphatic heterocycles. The van der Waals surface area contributed by atoms with Gasteiger partial charge in [0.05, 0.1) is 10.0 Å². The lowest BCUT2D eigenvalue weighted by atomic mass is 9.97. The van der Waals surface area contributed by atoms with E-state index in [0.29, 0.717) is 26.7 Å². The minimum atomic E-state index is 0.430. The van der Waals surface area contributed by atoms with E-state index in [1.807, 2.05) is 0 Å². The number of halogens is 3. The lowest BCUT2D eigenvalue weighted by Crippen LogP contribution is -2.09. The molecule has 19 heavy (non-hydrogen) atoms. The molecule has 0 unspecified atom stereocenters. The monoisotopic (exact) mass is 313 g/mol. The summed E-state index contributed by atoms with van der Waals surface area (Å²) in [5.74, 6) is 0.465. The Kier molecular flexibility index (Phi) is 3.61. The molecule has 1 aliphatic rings. The standard InChI is InChI=1S/C13H10Cl3N3/c14-7-5-9(15)11(17-6-7)13-18-10-4-2-1-3-8(10)12(16)19-13/h5-6H,1-4H2. The average Bonchev–Trinajstić information content (AvgIpc) is 2.38. The second-order valence-electron chi connectivity index (χ2n) is 4.45. The summed E-state index contributed by atoms with van der Waals surface area (Å²) in [4.78, 5) is 13.1. The van der Waals surface area contributed by atoms with Crippen LogP contribution in [-0.4, -0.2) is 15.0 Å². The second-order valence-corrected chi connectivity index (χ2v) is 5.66. The zero-order valence-corrected chi connectivity index (χ0v) is 12.2. The first-order chi connectivity index (χ1) is 9.15. The summed E-state index contributed by atoms with van der Waals surface area (Å²) < 4.78 is 0. The van der Waals surface area contributed by atoms with Gasteiger partial charge in [-0.1, -0.05) is 34.8 Å². The molecule has 3 nitrogen and oxygen atoms in total. The smallest absolute Gasteiger partial charge is 0.181 e. The molecule has 0 bridgehead atoms. The molecule has 0 fully saturated rings. The third-order valence-electron chi connectivity index (χ3n) is 3.15. The van der Waals surface area contributed by atoms with Crippen LogP contribution in [0.5, 0.6) is 0 Å². The van der Waals surface area contributed by atoms with Gasteiger partial charge in [-0.3, -0.25) is 0 Å². The molecule has 2 aromatic heterocycles. The summed E-state index contributed by atoms with van der Waals surface area (Å²) in [6.45, 7) is 0. The van der Waals surface area contributed by atoms with Crippen molar-refractivity contribution in [3.8, 4) is 11.5 Å². The summed E-state index contributed by atoms with van der Waals surface area (Å²) in [6, 6.07) is 1.63. The Morgan fingerprint density at radius 1 is 1.00 bits per heavy atom. The topological polar surface area (TPSA) is 38.7 Å². The normalized spacial score (nSPS) is 14.3. The van der Waals surface area contributed by atoms with E-state index in [-0.39, 0.29) is 0 Å². The number of aryl methyl sites for hydroxylation is 1. The maximum Gasteiger partial charge on any atom is 0.181 e. The Morgan fingerprint density at radius 3 is 2.58 bits per heavy atom. The highest BCUT2D eigenvalue weighted by molar-refractivity contribution is 6.36. The van der Waals surface area contributed by atoms with Crippen LogP contribution in [0.3, 0.4) is 0 Å². The minimum Gasteiger partial charge on any atom is -0.250 e. The van der Waals surface area contributed by atoms with Crippen molar-refractivity contribution in [2.45, 2.75) is 25.7 Å². The quantitative estimate of drug-likeness (QED) is 0.733. The number of fused-ring (bicyclic) bond motifs is 1. The molecule has 2 aromatic rings. The van der Waals surface area contributed by atoms with Crippen LogP contribution in [0.25, 0.3) is 11.5 Å². The molecule has 6 heteroatoms. The van der Waals surface area contributed by atoms with Crippen LogP contribution >= 0.6 is 34.8 Å². The van der Waals surface area contributed by atoms with Crippen LogP contribution in [0.2, 0.25) is 15.2 Å². The number of hydrogen-bond acceptors (Lipinski definition) is 3. The predicted molar refractivity (Wildman–Crippen MR) is 76.9 cm³/mol. The van der Waals surface area contributed by atoms with Gasteiger partial charge in [0.1, 0.15) is 10.8 Å². The van der Waals surface area contributed by atoms with Gasteiger partial charge in [-0.25, -0.2) is 15.0 Å². The fourth-order valence-electron chi connectivity index (χ4n) is 2.23. The van der Waals surface area contributed by atoms with Gasteiger partial charge in [0.15, 0.2) is 5.82 Å². The molecule has 0 N–H and O–H groups in total. The molecule has 98 valence electrons. The molecule has 0 radical (unpaired) electrons. The molecule has 1 aliphatic carbocycles. The lowest BCUT2D eigenvalue weighted by Gasteiger charge is -2.16. The van der Waals surface area contributed by atoms with Crippen LogP contribution in [0.4, 0.5) is 0 Å². The van der Waals surface area contributed by atoms with Crippen molar-refractivity contribution in [1.82, 2.24) is 15.0 Å². The largest absolute Gasteiger partial charge is 0.250 e. The third-order valence-corrected chi connectivity index (χ3v) is 3.96. The Labute approximate surface area is 126 Å². The predicted octanol–water partition coefficient (Wildman–Crippen LogP) is 4.38. The SMILES string of the molecule is Clc1cnc(-c2nc(Cl)c3c(n2)CCCC3)c(Cl)c1. The first-order valence-corrected chi connectivity index (χ1v) is 7.15. The summed E-state index contributed by atoms with van der Waals surface area (Å²) >= 11 is 18.2. The van der Waals surface area contributed by atoms with Crippen LogP contribution in [0.1, 0.15) is 24.1 Å². The van der Waals surface area contributed by atoms with Crippen molar-refractivity contribution in [1.29, 1.82) is 0 Å². The van der Waals surface area contributed by atoms with Crippen molar-refractivity contribution < 1.29 is 0 Å². The molecule has 3 rings (SSSR count). The van der Waals surface area contributed by atoms with E-state index in [0.717, 1.165) is 36.9 Å². The fraction of sp³-hybridized carbons (Fsp3) is 0.308. The van der Waals surface area contributed by atoms with E-state index in [1.54, 1.807) is 6.07 Å². The molecule has 0 atom stereocenters. The summed E-state index contributed by atoms with van der Waals surface area (Å²) in [5.41, 5.74) is 2.58. The highest BCUT2D eigenvalue weighted by Crippen LogP contribution is 2.30. The van der Waals surface area contributed by atoms with Gasteiger partial charge in [-0.2, -0.15) is 0 Å². The van der Waals surface area contributed by atoms with E-state index in [9.17, 15) is 0 Å². The van der Waals surface area contributed by atoms with E-state index >= 15 is 0 Å². The molecule has 0 saturated carbocycles. The minimum absolute atomic E-state index is 0.430. The Hall–Kier alpha value is -0.900. The molecular formula is C13H10Cl3N3.